The molecule has 3 heteroatoms. The summed E-state index contributed by atoms with van der Waals surface area (Å²) in [5, 5.41) is 6.52. The second-order valence-corrected chi connectivity index (χ2v) is 5.95. The molecule has 1 aromatic heterocycles. The smallest absolute Gasteiger partial charge is 0.173 e. The van der Waals surface area contributed by atoms with Crippen LogP contribution in [0, 0.1) is 0 Å². The topological polar surface area (TPSA) is 29.1 Å². The van der Waals surface area contributed by atoms with Crippen molar-refractivity contribution in [3.05, 3.63) is 65.0 Å². The van der Waals surface area contributed by atoms with Gasteiger partial charge in [0.1, 0.15) is 0 Å². The summed E-state index contributed by atoms with van der Waals surface area (Å²) >= 11 is 1.64. The molecule has 98 valence electrons. The normalized spacial score (nSPS) is 16.9. The van der Waals surface area contributed by atoms with Gasteiger partial charge >= 0.3 is 0 Å². The Bertz CT molecular complexity index is 805. The molecule has 4 rings (SSSR count). The van der Waals surface area contributed by atoms with Crippen molar-refractivity contribution in [2.75, 3.05) is 11.9 Å². The lowest BCUT2D eigenvalue weighted by Gasteiger charge is -2.10. The van der Waals surface area contributed by atoms with E-state index in [1.807, 2.05) is 41.8 Å². The molecule has 0 saturated carbocycles. The molecule has 0 fully saturated rings. The first-order valence-corrected chi connectivity index (χ1v) is 7.56. The van der Waals surface area contributed by atoms with Crippen LogP contribution < -0.4 is 5.32 Å². The van der Waals surface area contributed by atoms with E-state index < -0.39 is 0 Å². The summed E-state index contributed by atoms with van der Waals surface area (Å²) in [4.78, 5) is 12.9. The molecule has 2 aromatic carbocycles. The molecule has 0 spiro atoms. The van der Waals surface area contributed by atoms with Crippen LogP contribution in [0.1, 0.15) is 21.8 Å². The number of para-hydroxylation sites is 1. The van der Waals surface area contributed by atoms with Crippen molar-refractivity contribution in [2.24, 2.45) is 0 Å². The van der Waals surface area contributed by atoms with Crippen molar-refractivity contribution in [3.8, 4) is 0 Å². The number of Topliss-reactive ketones (excluding diaryl/α,β-unsaturated/α-hetero) is 1. The Hall–Kier alpha value is -2.13. The molecule has 0 bridgehead atoms. The Morgan fingerprint density at radius 3 is 2.95 bits per heavy atom. The molecule has 3 aromatic rings. The van der Waals surface area contributed by atoms with Crippen LogP contribution in [-0.2, 0) is 0 Å². The zero-order valence-electron chi connectivity index (χ0n) is 10.8. The average molecular weight is 279 g/mol. The number of anilines is 1. The summed E-state index contributed by atoms with van der Waals surface area (Å²) < 4.78 is 1.10. The Morgan fingerprint density at radius 1 is 1.10 bits per heavy atom. The van der Waals surface area contributed by atoms with Crippen molar-refractivity contribution in [1.29, 1.82) is 0 Å². The van der Waals surface area contributed by atoms with Gasteiger partial charge < -0.3 is 5.32 Å². The summed E-state index contributed by atoms with van der Waals surface area (Å²) in [5.74, 6) is 0.148. The number of thiophene rings is 1. The van der Waals surface area contributed by atoms with Gasteiger partial charge in [0.15, 0.2) is 5.78 Å². The van der Waals surface area contributed by atoms with Gasteiger partial charge in [-0.3, -0.25) is 4.79 Å². The standard InChI is InChI=1S/C17H13NOS/c19-16(13-6-3-4-11-8-9-20-17(11)13)14-10-18-15-7-2-1-5-12(14)15/h1-9,14,18H,10H2. The third kappa shape index (κ3) is 1.67. The van der Waals surface area contributed by atoms with Gasteiger partial charge in [0.25, 0.3) is 0 Å². The molecule has 1 aliphatic heterocycles. The Balaban J connectivity index is 1.81. The maximum atomic E-state index is 12.9. The van der Waals surface area contributed by atoms with Gasteiger partial charge in [0.2, 0.25) is 0 Å². The van der Waals surface area contributed by atoms with Crippen LogP contribution in [-0.4, -0.2) is 12.3 Å². The summed E-state index contributed by atoms with van der Waals surface area (Å²) in [6.45, 7) is 0.694. The minimum Gasteiger partial charge on any atom is -0.384 e. The average Bonchev–Trinajstić information content (AvgIpc) is 3.12. The predicted molar refractivity (Wildman–Crippen MR) is 83.8 cm³/mol. The molecule has 0 radical (unpaired) electrons. The fourth-order valence-electron chi connectivity index (χ4n) is 2.89. The van der Waals surface area contributed by atoms with Gasteiger partial charge in [0.05, 0.1) is 5.92 Å². The Kier molecular flexibility index (Phi) is 2.60. The fraction of sp³-hybridized carbons (Fsp3) is 0.118. The number of benzene rings is 2. The van der Waals surface area contributed by atoms with Crippen LogP contribution in [0.25, 0.3) is 10.1 Å². The minimum atomic E-state index is -0.0705. The number of rotatable bonds is 2. The Morgan fingerprint density at radius 2 is 2.00 bits per heavy atom. The van der Waals surface area contributed by atoms with Crippen LogP contribution in [0.5, 0.6) is 0 Å². The zero-order valence-corrected chi connectivity index (χ0v) is 11.6. The molecule has 1 aliphatic rings. The lowest BCUT2D eigenvalue weighted by molar-refractivity contribution is 0.0968. The highest BCUT2D eigenvalue weighted by atomic mass is 32.1. The van der Waals surface area contributed by atoms with Crippen molar-refractivity contribution < 1.29 is 4.79 Å². The summed E-state index contributed by atoms with van der Waals surface area (Å²) in [6, 6.07) is 16.1. The third-order valence-corrected chi connectivity index (χ3v) is 4.86. The van der Waals surface area contributed by atoms with E-state index in [1.54, 1.807) is 11.3 Å². The second kappa shape index (κ2) is 4.46. The second-order valence-electron chi connectivity index (χ2n) is 5.03. The number of hydrogen-bond acceptors (Lipinski definition) is 3. The van der Waals surface area contributed by atoms with E-state index in [2.05, 4.69) is 17.4 Å². The van der Waals surface area contributed by atoms with Gasteiger partial charge in [-0.25, -0.2) is 0 Å². The quantitative estimate of drug-likeness (QED) is 0.709. The molecule has 1 N–H and O–H groups in total. The van der Waals surface area contributed by atoms with E-state index in [1.165, 1.54) is 0 Å². The van der Waals surface area contributed by atoms with Gasteiger partial charge in [-0.1, -0.05) is 30.3 Å². The van der Waals surface area contributed by atoms with Gasteiger partial charge in [0, 0.05) is 22.5 Å². The van der Waals surface area contributed by atoms with Crippen LogP contribution in [0.4, 0.5) is 5.69 Å². The molecular formula is C17H13NOS. The highest BCUT2D eigenvalue weighted by molar-refractivity contribution is 7.17. The summed E-state index contributed by atoms with van der Waals surface area (Å²) in [5.41, 5.74) is 3.05. The number of nitrogens with one attached hydrogen (secondary N) is 1. The van der Waals surface area contributed by atoms with Crippen molar-refractivity contribution >= 4 is 32.9 Å². The molecule has 2 heterocycles. The number of fused-ring (bicyclic) bond motifs is 2. The zero-order chi connectivity index (χ0) is 13.5. The van der Waals surface area contributed by atoms with Gasteiger partial charge in [-0.15, -0.1) is 11.3 Å². The van der Waals surface area contributed by atoms with Crippen LogP contribution >= 0.6 is 11.3 Å². The van der Waals surface area contributed by atoms with E-state index in [0.717, 1.165) is 26.9 Å². The van der Waals surface area contributed by atoms with Crippen molar-refractivity contribution in [3.63, 3.8) is 0 Å². The number of carbonyl (C=O) groups is 1. The van der Waals surface area contributed by atoms with Crippen LogP contribution in [0.15, 0.2) is 53.9 Å². The molecule has 1 atom stereocenters. The number of hydrogen-bond donors (Lipinski definition) is 1. The van der Waals surface area contributed by atoms with Gasteiger partial charge in [-0.05, 0) is 34.5 Å². The van der Waals surface area contributed by atoms with Crippen LogP contribution in [0.2, 0.25) is 0 Å². The largest absolute Gasteiger partial charge is 0.384 e. The lowest BCUT2D eigenvalue weighted by atomic mass is 9.92. The molecular weight excluding hydrogens is 266 g/mol. The Labute approximate surface area is 121 Å². The highest BCUT2D eigenvalue weighted by Crippen LogP contribution is 2.35. The molecule has 0 aliphatic carbocycles. The molecule has 20 heavy (non-hydrogen) atoms. The van der Waals surface area contributed by atoms with E-state index in [4.69, 9.17) is 0 Å². The van der Waals surface area contributed by atoms with Crippen LogP contribution in [0.3, 0.4) is 0 Å². The molecule has 0 saturated heterocycles. The highest BCUT2D eigenvalue weighted by Gasteiger charge is 2.29. The predicted octanol–water partition coefficient (Wildman–Crippen LogP) is 4.29. The first-order chi connectivity index (χ1) is 9.84. The van der Waals surface area contributed by atoms with Gasteiger partial charge in [-0.2, -0.15) is 0 Å². The van der Waals surface area contributed by atoms with Crippen molar-refractivity contribution in [1.82, 2.24) is 0 Å². The number of carbonyl (C=O) groups excluding carboxylic acids is 1. The fourth-order valence-corrected chi connectivity index (χ4v) is 3.81. The summed E-state index contributed by atoms with van der Waals surface area (Å²) in [6.07, 6.45) is 0. The van der Waals surface area contributed by atoms with E-state index in [9.17, 15) is 4.79 Å². The van der Waals surface area contributed by atoms with Crippen molar-refractivity contribution in [2.45, 2.75) is 5.92 Å². The first kappa shape index (κ1) is 11.7. The summed E-state index contributed by atoms with van der Waals surface area (Å²) in [7, 11) is 0. The number of ketones is 1. The maximum Gasteiger partial charge on any atom is 0.173 e. The maximum absolute atomic E-state index is 12.9. The molecule has 0 amide bonds. The minimum absolute atomic E-state index is 0.0705. The van der Waals surface area contributed by atoms with E-state index in [-0.39, 0.29) is 11.7 Å². The van der Waals surface area contributed by atoms with E-state index >= 15 is 0 Å². The molecule has 1 unspecified atom stereocenters. The third-order valence-electron chi connectivity index (χ3n) is 3.89. The lowest BCUT2D eigenvalue weighted by Crippen LogP contribution is -2.14. The monoisotopic (exact) mass is 279 g/mol. The SMILES string of the molecule is O=C(c1cccc2ccsc12)C1CNc2ccccc21. The molecule has 2 nitrogen and oxygen atoms in total. The first-order valence-electron chi connectivity index (χ1n) is 6.68. The van der Waals surface area contributed by atoms with E-state index in [0.29, 0.717) is 6.54 Å².